The number of nitrogens with one attached hydrogen (secondary N) is 1. The van der Waals surface area contributed by atoms with Crippen molar-refractivity contribution < 1.29 is 19.1 Å². The summed E-state index contributed by atoms with van der Waals surface area (Å²) in [6.07, 6.45) is -0.349. The van der Waals surface area contributed by atoms with Crippen molar-refractivity contribution >= 4 is 23.4 Å². The summed E-state index contributed by atoms with van der Waals surface area (Å²) in [5.41, 5.74) is 2.36. The third-order valence-corrected chi connectivity index (χ3v) is 3.68. The number of anilines is 2. The van der Waals surface area contributed by atoms with E-state index in [0.717, 1.165) is 11.3 Å². The van der Waals surface area contributed by atoms with Crippen molar-refractivity contribution in [3.05, 3.63) is 54.1 Å². The van der Waals surface area contributed by atoms with E-state index in [-0.39, 0.29) is 18.6 Å². The first-order chi connectivity index (χ1) is 11.6. The van der Waals surface area contributed by atoms with Crippen LogP contribution < -0.4 is 15.0 Å². The summed E-state index contributed by atoms with van der Waals surface area (Å²) in [4.78, 5) is 25.0. The molecule has 0 aromatic heterocycles. The second kappa shape index (κ2) is 7.04. The molecule has 1 heterocycles. The lowest BCUT2D eigenvalue weighted by molar-refractivity contribution is -0.118. The number of rotatable bonds is 5. The Morgan fingerprint density at radius 3 is 2.62 bits per heavy atom. The summed E-state index contributed by atoms with van der Waals surface area (Å²) in [5, 5.41) is 2.76. The summed E-state index contributed by atoms with van der Waals surface area (Å²) >= 11 is 0. The lowest BCUT2D eigenvalue weighted by Crippen LogP contribution is -2.23. The van der Waals surface area contributed by atoms with Crippen molar-refractivity contribution in [1.82, 2.24) is 0 Å². The second-order valence-corrected chi connectivity index (χ2v) is 5.42. The molecular formula is C18H18N2O4. The predicted molar refractivity (Wildman–Crippen MR) is 90.4 cm³/mol. The number of nitrogens with zero attached hydrogens (tertiary/aromatic N) is 1. The van der Waals surface area contributed by atoms with Gasteiger partial charge in [-0.15, -0.1) is 0 Å². The molecule has 0 spiro atoms. The van der Waals surface area contributed by atoms with Gasteiger partial charge in [-0.3, -0.25) is 9.69 Å². The molecule has 124 valence electrons. The van der Waals surface area contributed by atoms with Crippen molar-refractivity contribution in [2.75, 3.05) is 30.0 Å². The number of hydrogen-bond acceptors (Lipinski definition) is 4. The van der Waals surface area contributed by atoms with Crippen LogP contribution >= 0.6 is 0 Å². The van der Waals surface area contributed by atoms with E-state index in [2.05, 4.69) is 5.32 Å². The lowest BCUT2D eigenvalue weighted by Gasteiger charge is -2.13. The highest BCUT2D eigenvalue weighted by Gasteiger charge is 2.23. The van der Waals surface area contributed by atoms with Crippen LogP contribution in [-0.4, -0.2) is 31.8 Å². The Morgan fingerprint density at radius 1 is 1.21 bits per heavy atom. The summed E-state index contributed by atoms with van der Waals surface area (Å²) < 4.78 is 10.4. The van der Waals surface area contributed by atoms with Crippen LogP contribution in [0.3, 0.4) is 0 Å². The van der Waals surface area contributed by atoms with Gasteiger partial charge in [-0.2, -0.15) is 0 Å². The molecule has 0 bridgehead atoms. The standard InChI is InChI=1S/C18H18N2O4/c1-13-4-2-3-5-16(13)24-12-17(21)19-14-6-8-15(9-7-14)20-10-11-23-18(20)22/h2-9H,10-12H2,1H3,(H,19,21). The molecular weight excluding hydrogens is 308 g/mol. The summed E-state index contributed by atoms with van der Waals surface area (Å²) in [5.74, 6) is 0.446. The van der Waals surface area contributed by atoms with Gasteiger partial charge in [0.05, 0.1) is 6.54 Å². The van der Waals surface area contributed by atoms with E-state index in [4.69, 9.17) is 9.47 Å². The molecule has 1 aliphatic heterocycles. The first kappa shape index (κ1) is 15.9. The Hall–Kier alpha value is -3.02. The van der Waals surface area contributed by atoms with Crippen LogP contribution in [0.5, 0.6) is 5.75 Å². The second-order valence-electron chi connectivity index (χ2n) is 5.42. The predicted octanol–water partition coefficient (Wildman–Crippen LogP) is 2.97. The molecule has 1 fully saturated rings. The molecule has 1 N–H and O–H groups in total. The van der Waals surface area contributed by atoms with Crippen molar-refractivity contribution in [1.29, 1.82) is 0 Å². The SMILES string of the molecule is Cc1ccccc1OCC(=O)Nc1ccc(N2CCOC2=O)cc1. The van der Waals surface area contributed by atoms with E-state index in [1.807, 2.05) is 31.2 Å². The zero-order chi connectivity index (χ0) is 16.9. The summed E-state index contributed by atoms with van der Waals surface area (Å²) in [7, 11) is 0. The highest BCUT2D eigenvalue weighted by molar-refractivity contribution is 5.93. The maximum atomic E-state index is 12.0. The van der Waals surface area contributed by atoms with Crippen LogP contribution in [0.1, 0.15) is 5.56 Å². The van der Waals surface area contributed by atoms with Crippen LogP contribution in [0.15, 0.2) is 48.5 Å². The first-order valence-electron chi connectivity index (χ1n) is 7.66. The minimum Gasteiger partial charge on any atom is -0.483 e. The number of hydrogen-bond donors (Lipinski definition) is 1. The molecule has 1 saturated heterocycles. The molecule has 2 aromatic carbocycles. The number of amides is 2. The Labute approximate surface area is 140 Å². The first-order valence-corrected chi connectivity index (χ1v) is 7.66. The van der Waals surface area contributed by atoms with Gasteiger partial charge in [-0.25, -0.2) is 4.79 Å². The molecule has 3 rings (SSSR count). The zero-order valence-corrected chi connectivity index (χ0v) is 13.3. The maximum absolute atomic E-state index is 12.0. The van der Waals surface area contributed by atoms with Crippen LogP contribution in [0.4, 0.5) is 16.2 Å². The smallest absolute Gasteiger partial charge is 0.414 e. The van der Waals surface area contributed by atoms with Crippen LogP contribution in [0.25, 0.3) is 0 Å². The van der Waals surface area contributed by atoms with Crippen molar-refractivity contribution in [2.45, 2.75) is 6.92 Å². The minimum absolute atomic E-state index is 0.0644. The van der Waals surface area contributed by atoms with Gasteiger partial charge in [0.2, 0.25) is 0 Å². The van der Waals surface area contributed by atoms with Crippen molar-refractivity contribution in [3.8, 4) is 5.75 Å². The van der Waals surface area contributed by atoms with Gasteiger partial charge >= 0.3 is 6.09 Å². The van der Waals surface area contributed by atoms with Crippen LogP contribution in [0, 0.1) is 6.92 Å². The van der Waals surface area contributed by atoms with Crippen LogP contribution in [-0.2, 0) is 9.53 Å². The molecule has 0 atom stereocenters. The van der Waals surface area contributed by atoms with Gasteiger partial charge in [0.25, 0.3) is 5.91 Å². The number of ether oxygens (including phenoxy) is 2. The molecule has 0 radical (unpaired) electrons. The maximum Gasteiger partial charge on any atom is 0.414 e. The van der Waals surface area contributed by atoms with E-state index in [9.17, 15) is 9.59 Å². The molecule has 1 aliphatic rings. The molecule has 0 saturated carbocycles. The van der Waals surface area contributed by atoms with Gasteiger partial charge in [-0.05, 0) is 42.8 Å². The Morgan fingerprint density at radius 2 is 1.96 bits per heavy atom. The fourth-order valence-corrected chi connectivity index (χ4v) is 2.41. The molecule has 2 aromatic rings. The number of aryl methyl sites for hydroxylation is 1. The van der Waals surface area contributed by atoms with Gasteiger partial charge in [0.1, 0.15) is 12.4 Å². The van der Waals surface area contributed by atoms with Crippen LogP contribution in [0.2, 0.25) is 0 Å². The fourth-order valence-electron chi connectivity index (χ4n) is 2.41. The highest BCUT2D eigenvalue weighted by atomic mass is 16.6. The summed E-state index contributed by atoms with van der Waals surface area (Å²) in [6, 6.07) is 14.6. The number of carbonyl (C=O) groups excluding carboxylic acids is 2. The highest BCUT2D eigenvalue weighted by Crippen LogP contribution is 2.21. The number of carbonyl (C=O) groups is 2. The van der Waals surface area contributed by atoms with Gasteiger partial charge in [0, 0.05) is 11.4 Å². The monoisotopic (exact) mass is 326 g/mol. The van der Waals surface area contributed by atoms with E-state index in [1.54, 1.807) is 29.2 Å². The average Bonchev–Trinajstić information content (AvgIpc) is 3.01. The Balaban J connectivity index is 1.55. The van der Waals surface area contributed by atoms with Crippen molar-refractivity contribution in [3.63, 3.8) is 0 Å². The van der Waals surface area contributed by atoms with E-state index in [1.165, 1.54) is 0 Å². The van der Waals surface area contributed by atoms with Gasteiger partial charge < -0.3 is 14.8 Å². The molecule has 2 amide bonds. The number of benzene rings is 2. The summed E-state index contributed by atoms with van der Waals surface area (Å²) in [6.45, 7) is 2.79. The zero-order valence-electron chi connectivity index (χ0n) is 13.3. The van der Waals surface area contributed by atoms with Gasteiger partial charge in [0.15, 0.2) is 6.61 Å². The third-order valence-electron chi connectivity index (χ3n) is 3.68. The van der Waals surface area contributed by atoms with Crippen molar-refractivity contribution in [2.24, 2.45) is 0 Å². The minimum atomic E-state index is -0.349. The Kier molecular flexibility index (Phi) is 4.65. The topological polar surface area (TPSA) is 67.9 Å². The molecule has 0 aliphatic carbocycles. The number of para-hydroxylation sites is 1. The average molecular weight is 326 g/mol. The molecule has 24 heavy (non-hydrogen) atoms. The Bertz CT molecular complexity index is 743. The fraction of sp³-hybridized carbons (Fsp3) is 0.222. The normalized spacial score (nSPS) is 13.5. The molecule has 0 unspecified atom stereocenters. The van der Waals surface area contributed by atoms with E-state index in [0.29, 0.717) is 24.6 Å². The van der Waals surface area contributed by atoms with Gasteiger partial charge in [-0.1, -0.05) is 18.2 Å². The number of cyclic esters (lactones) is 1. The largest absolute Gasteiger partial charge is 0.483 e. The molecule has 6 heteroatoms. The quantitative estimate of drug-likeness (QED) is 0.917. The van der Waals surface area contributed by atoms with E-state index < -0.39 is 0 Å². The molecule has 6 nitrogen and oxygen atoms in total. The van der Waals surface area contributed by atoms with E-state index >= 15 is 0 Å². The third kappa shape index (κ3) is 3.65. The lowest BCUT2D eigenvalue weighted by atomic mass is 10.2.